The van der Waals surface area contributed by atoms with Crippen molar-refractivity contribution in [1.82, 2.24) is 78.6 Å². The Hall–Kier alpha value is -13.3. The number of hydrogen-bond acceptors (Lipinski definition) is 20. The average molecular weight is 1770 g/mol. The highest BCUT2D eigenvalue weighted by atomic mass is 32.2. The fraction of sp³-hybridized carbons (Fsp3) is 0.461. The zero-order valence-corrected chi connectivity index (χ0v) is 72.8. The number of H-pyrrole nitrogens is 1. The summed E-state index contributed by atoms with van der Waals surface area (Å²) in [7, 11) is 1.20. The lowest BCUT2D eigenvalue weighted by Crippen LogP contribution is -2.61. The van der Waals surface area contributed by atoms with Crippen molar-refractivity contribution < 1.29 is 81.3 Å². The van der Waals surface area contributed by atoms with Gasteiger partial charge in [-0.3, -0.25) is 63.6 Å². The first-order chi connectivity index (χ1) is 61.1. The summed E-state index contributed by atoms with van der Waals surface area (Å²) in [6, 6.07) is 27.0. The van der Waals surface area contributed by atoms with E-state index in [1.54, 1.807) is 128 Å². The van der Waals surface area contributed by atoms with Crippen molar-refractivity contribution in [3.63, 3.8) is 0 Å². The Morgan fingerprint density at radius 2 is 0.858 bits per heavy atom. The minimum atomic E-state index is -1.83. The molecule has 37 nitrogen and oxygen atoms in total. The molecule has 13 amide bonds. The number of alkyl carbamates (subject to hydrolysis) is 2. The summed E-state index contributed by atoms with van der Waals surface area (Å²) in [5.41, 5.74) is 20.8. The molecular weight excluding hydrogens is 1650 g/mol. The molecule has 38 heteroatoms. The molecule has 0 unspecified atom stereocenters. The quantitative estimate of drug-likeness (QED) is 0.00858. The van der Waals surface area contributed by atoms with Crippen LogP contribution in [0.5, 0.6) is 0 Å². The minimum absolute atomic E-state index is 0.000706. The summed E-state index contributed by atoms with van der Waals surface area (Å²) in [4.78, 5) is 208. The average Bonchev–Trinajstić information content (AvgIpc) is 1.71. The number of ether oxygens (including phenoxy) is 3. The maximum atomic E-state index is 15.4. The monoisotopic (exact) mass is 1770 g/mol. The number of nitrogens with one attached hydrogen (secondary N) is 15. The van der Waals surface area contributed by atoms with Crippen molar-refractivity contribution in [1.29, 1.82) is 10.8 Å². The predicted molar refractivity (Wildman–Crippen MR) is 476 cm³/mol. The van der Waals surface area contributed by atoms with Crippen LogP contribution < -0.4 is 81.0 Å². The number of aromatic nitrogens is 1. The molecule has 0 aliphatic carbocycles. The van der Waals surface area contributed by atoms with Crippen LogP contribution in [0.3, 0.4) is 0 Å². The molecule has 6 aromatic rings. The zero-order chi connectivity index (χ0) is 91.7. The summed E-state index contributed by atoms with van der Waals surface area (Å²) >= 11 is 1.46. The van der Waals surface area contributed by atoms with Crippen LogP contribution in [-0.2, 0) is 104 Å². The van der Waals surface area contributed by atoms with Crippen molar-refractivity contribution in [3.8, 4) is 0 Å². The Balaban J connectivity index is 1.03. The van der Waals surface area contributed by atoms with E-state index >= 15 is 24.0 Å². The second-order valence-electron chi connectivity index (χ2n) is 31.6. The van der Waals surface area contributed by atoms with Crippen LogP contribution in [-0.4, -0.2) is 228 Å². The van der Waals surface area contributed by atoms with Gasteiger partial charge >= 0.3 is 18.2 Å². The highest BCUT2D eigenvalue weighted by Crippen LogP contribution is 2.26. The summed E-state index contributed by atoms with van der Waals surface area (Å²) < 4.78 is 15.9. The number of guanidine groups is 2. The molecule has 0 spiro atoms. The maximum Gasteiger partial charge on any atom is 0.408 e. The predicted octanol–water partition coefficient (Wildman–Crippen LogP) is 2.82. The number of esters is 1. The molecule has 0 radical (unpaired) electrons. The fourth-order valence-corrected chi connectivity index (χ4v) is 15.4. The minimum Gasteiger partial charge on any atom is -0.467 e. The highest BCUT2D eigenvalue weighted by molar-refractivity contribution is 7.98. The van der Waals surface area contributed by atoms with Crippen LogP contribution in [0.15, 0.2) is 152 Å². The number of nitrogens with zero attached hydrogens (tertiary/aromatic N) is 2. The Kier molecular flexibility index (Phi) is 40.5. The van der Waals surface area contributed by atoms with Gasteiger partial charge in [-0.1, -0.05) is 153 Å². The normalized spacial score (nSPS) is 15.6. The van der Waals surface area contributed by atoms with E-state index in [4.69, 9.17) is 42.2 Å². The molecule has 1 aromatic heterocycles. The Morgan fingerprint density at radius 3 is 1.35 bits per heavy atom. The highest BCUT2D eigenvalue weighted by Gasteiger charge is 2.44. The largest absolute Gasteiger partial charge is 0.467 e. The number of carbonyl (C=O) groups is 14. The van der Waals surface area contributed by atoms with Gasteiger partial charge in [0.2, 0.25) is 65.0 Å². The van der Waals surface area contributed by atoms with Crippen molar-refractivity contribution >= 4 is 118 Å². The zero-order valence-electron chi connectivity index (χ0n) is 72.0. The van der Waals surface area contributed by atoms with E-state index < -0.39 is 162 Å². The number of likely N-dealkylation sites (tertiary alicyclic amines) is 2. The molecule has 0 saturated carbocycles. The van der Waals surface area contributed by atoms with E-state index in [-0.39, 0.29) is 154 Å². The van der Waals surface area contributed by atoms with E-state index in [2.05, 4.69) is 68.8 Å². The number of unbranched alkanes of at least 4 members (excludes halogenated alkanes) is 1. The molecule has 8 rings (SSSR count). The van der Waals surface area contributed by atoms with E-state index in [9.17, 15) is 43.2 Å². The summed E-state index contributed by atoms with van der Waals surface area (Å²) in [6.45, 7) is 3.86. The molecule has 2 fully saturated rings. The van der Waals surface area contributed by atoms with Gasteiger partial charge in [0.25, 0.3) is 0 Å². The number of amides is 13. The number of methoxy groups -OCH3 is 1. The summed E-state index contributed by atoms with van der Waals surface area (Å²) in [6.07, 6.45) is 2.11. The third kappa shape index (κ3) is 33.0. The van der Waals surface area contributed by atoms with Crippen LogP contribution >= 0.6 is 11.8 Å². The second kappa shape index (κ2) is 51.8. The Labute approximate surface area is 742 Å². The molecule has 11 atom stereocenters. The number of nitrogens with two attached hydrogens (primary N) is 3. The van der Waals surface area contributed by atoms with E-state index in [1.165, 1.54) is 28.7 Å². The number of thioether (sulfide) groups is 1. The topological polar surface area (TPSA) is 559 Å². The van der Waals surface area contributed by atoms with Crippen molar-refractivity contribution in [2.45, 2.75) is 203 Å². The molecule has 2 aliphatic rings. The third-order valence-corrected chi connectivity index (χ3v) is 22.1. The van der Waals surface area contributed by atoms with Crippen molar-refractivity contribution in [2.24, 2.45) is 23.1 Å². The van der Waals surface area contributed by atoms with Crippen LogP contribution in [0.2, 0.25) is 0 Å². The van der Waals surface area contributed by atoms with Gasteiger partial charge in [-0.2, -0.15) is 11.8 Å². The number of aromatic amines is 1. The Bertz CT molecular complexity index is 4690. The number of benzene rings is 5. The lowest BCUT2D eigenvalue weighted by atomic mass is 9.99. The number of fused-ring (bicyclic) bond motifs is 1. The van der Waals surface area contributed by atoms with Crippen molar-refractivity contribution in [2.75, 3.05) is 51.8 Å². The molecule has 684 valence electrons. The lowest BCUT2D eigenvalue weighted by Gasteiger charge is -2.32. The third-order valence-electron chi connectivity index (χ3n) is 21.5. The smallest absolute Gasteiger partial charge is 0.408 e. The number of hydrogen-bond donors (Lipinski definition) is 18. The van der Waals surface area contributed by atoms with Crippen LogP contribution in [0.1, 0.15) is 132 Å². The van der Waals surface area contributed by atoms with Gasteiger partial charge in [0.15, 0.2) is 11.9 Å². The van der Waals surface area contributed by atoms with Crippen LogP contribution in [0.25, 0.3) is 10.9 Å². The van der Waals surface area contributed by atoms with Crippen LogP contribution in [0, 0.1) is 16.7 Å². The standard InChI is InChI=1S/C89H120N20O17S/c1-55(2)47-67(76(112)101-66(40-46-127-4)85(121)124-3)102-79(115)70(50-60-52-98-62-34-18-17-33-61(60)62)105-78(114)69(49-57-27-11-6-12-28-57)104-77(113)68(48-56-25-9-5-10-26-56)103-75(111)63(36-21-42-95-86(91)92)99-80(116)71(51-74(90)110)106-82(118)73-39-24-44-108(73)83(119)64(35-19-20-41-97-88(122)125-53-58-29-13-7-14-30-58)100-81(117)72-38-23-45-109(72)84(120)65(37-22-43-96-87(93)94)107-89(123)126-54-59-31-15-8-16-32-59/h5-18,25-34,52,55,63-73,98H,19-24,35-51,53-54H2,1-4H3,(H2,90,110)(H,97,122)(H,99,116)(H,100,117)(H,101,112)(H,102,115)(H,103,111)(H,104,113)(H,105,114)(H,106,118)(H,107,123)(H4,91,92,95)(H4,93,94,96)/t63-,64-,65-,66-,67-,68+,69-,70+,71-,72-,73-/m0/s1. The second-order valence-corrected chi connectivity index (χ2v) is 32.6. The molecule has 2 saturated heterocycles. The van der Waals surface area contributed by atoms with E-state index in [0.717, 1.165) is 16.5 Å². The molecule has 2 aliphatic heterocycles. The van der Waals surface area contributed by atoms with Gasteiger partial charge in [-0.25, -0.2) is 14.4 Å². The fourth-order valence-electron chi connectivity index (χ4n) is 15.0. The van der Waals surface area contributed by atoms with Gasteiger partial charge in [0.1, 0.15) is 79.7 Å². The molecule has 5 aromatic carbocycles. The van der Waals surface area contributed by atoms with Gasteiger partial charge in [-0.05, 0) is 135 Å². The van der Waals surface area contributed by atoms with Crippen LogP contribution in [0.4, 0.5) is 9.59 Å². The first-order valence-corrected chi connectivity index (χ1v) is 44.1. The number of carbonyl (C=O) groups excluding carboxylic acids is 14. The molecule has 3 heterocycles. The van der Waals surface area contributed by atoms with Crippen molar-refractivity contribution in [3.05, 3.63) is 180 Å². The van der Waals surface area contributed by atoms with Gasteiger partial charge in [0.05, 0.1) is 13.5 Å². The number of para-hydroxylation sites is 1. The first-order valence-electron chi connectivity index (χ1n) is 42.7. The number of primary amides is 1. The molecule has 127 heavy (non-hydrogen) atoms. The summed E-state index contributed by atoms with van der Waals surface area (Å²) in [5, 5.41) is 49.0. The number of rotatable bonds is 50. The first kappa shape index (κ1) is 99.1. The SMILES string of the molecule is COC(=O)[C@H](CCSC)NC(=O)[C@H](CC(C)C)NC(=O)[C@@H](Cc1c[nH]c2ccccc12)NC(=O)[C@H](Cc1ccccc1)NC(=O)[C@@H](Cc1ccccc1)NC(=O)[C@H](CCCNC(=N)N)NC(=O)[C@H](CC(N)=O)NC(=O)[C@@H]1CCCN1C(=O)[C@H](CCCCNC(=O)OCc1ccccc1)NC(=O)[C@@H]1CCCN1C(=O)[C@H](CCCNC(=N)N)NC(=O)OCc1ccccc1. The van der Waals surface area contributed by atoms with Gasteiger partial charge < -0.3 is 110 Å². The maximum absolute atomic E-state index is 15.4. The lowest BCUT2D eigenvalue weighted by molar-refractivity contribution is -0.145. The molecule has 0 bridgehead atoms. The van der Waals surface area contributed by atoms with E-state index in [0.29, 0.717) is 34.4 Å². The van der Waals surface area contributed by atoms with Gasteiger partial charge in [-0.15, -0.1) is 0 Å². The summed E-state index contributed by atoms with van der Waals surface area (Å²) in [5.74, 6) is -10.5. The molecular formula is C89H120N20O17S. The Morgan fingerprint density at radius 1 is 0.449 bits per heavy atom. The molecule has 21 N–H and O–H groups in total. The van der Waals surface area contributed by atoms with Gasteiger partial charge in [0, 0.05) is 69.1 Å². The van der Waals surface area contributed by atoms with E-state index in [1.807, 2.05) is 44.4 Å².